The Balaban J connectivity index is 2.03. The van der Waals surface area contributed by atoms with Crippen molar-refractivity contribution in [1.82, 2.24) is 14.8 Å². The predicted molar refractivity (Wildman–Crippen MR) is 107 cm³/mol. The van der Waals surface area contributed by atoms with Crippen molar-refractivity contribution in [3.05, 3.63) is 48.8 Å². The summed E-state index contributed by atoms with van der Waals surface area (Å²) >= 11 is 3.08. The van der Waals surface area contributed by atoms with Crippen LogP contribution >= 0.6 is 23.5 Å². The highest BCUT2D eigenvalue weighted by atomic mass is 32.2. The maximum absolute atomic E-state index is 12.1. The lowest BCUT2D eigenvalue weighted by Gasteiger charge is -2.13. The Labute approximate surface area is 163 Å². The zero-order valence-electron chi connectivity index (χ0n) is 15.4. The van der Waals surface area contributed by atoms with Crippen LogP contribution < -0.4 is 0 Å². The Kier molecular flexibility index (Phi) is 8.25. The molecule has 1 unspecified atom stereocenters. The van der Waals surface area contributed by atoms with E-state index in [9.17, 15) is 4.79 Å². The monoisotopic (exact) mass is 391 g/mol. The number of esters is 1. The first-order valence-electron chi connectivity index (χ1n) is 8.55. The molecule has 0 amide bonds. The molecule has 0 saturated carbocycles. The van der Waals surface area contributed by atoms with Crippen molar-refractivity contribution >= 4 is 29.5 Å². The molecule has 1 aromatic heterocycles. The lowest BCUT2D eigenvalue weighted by molar-refractivity contribution is -0.143. The number of rotatable bonds is 10. The summed E-state index contributed by atoms with van der Waals surface area (Å²) in [6.07, 6.45) is 1.81. The fourth-order valence-electron chi connectivity index (χ4n) is 2.06. The first-order chi connectivity index (χ1) is 12.5. The van der Waals surface area contributed by atoms with Gasteiger partial charge in [0.1, 0.15) is 11.1 Å². The Hall–Kier alpha value is -1.73. The smallest absolute Gasteiger partial charge is 0.319 e. The molecular formula is C19H25N3O2S2. The Morgan fingerprint density at radius 3 is 2.65 bits per heavy atom. The van der Waals surface area contributed by atoms with E-state index in [1.807, 2.05) is 49.6 Å². The maximum Gasteiger partial charge on any atom is 0.319 e. The van der Waals surface area contributed by atoms with Crippen LogP contribution in [0.4, 0.5) is 0 Å². The molecule has 0 spiro atoms. The molecule has 0 saturated heterocycles. The van der Waals surface area contributed by atoms with Gasteiger partial charge in [-0.15, -0.1) is 28.5 Å². The third kappa shape index (κ3) is 6.21. The summed E-state index contributed by atoms with van der Waals surface area (Å²) in [7, 11) is 0. The fraction of sp³-hybridized carbons (Fsp3) is 0.421. The van der Waals surface area contributed by atoms with Crippen LogP contribution in [0.3, 0.4) is 0 Å². The van der Waals surface area contributed by atoms with Crippen molar-refractivity contribution < 1.29 is 9.53 Å². The van der Waals surface area contributed by atoms with Gasteiger partial charge < -0.3 is 9.30 Å². The standard InChI is InChI=1S/C19H25N3O2S2/c1-5-11-22-17(13-25-16-9-7-6-8-10-16)20-21-19(22)26-15(4)18(23)24-12-14(2)3/h5-10,14-15H,1,11-13H2,2-4H3. The second kappa shape index (κ2) is 10.4. The Morgan fingerprint density at radius 1 is 1.27 bits per heavy atom. The van der Waals surface area contributed by atoms with Gasteiger partial charge in [0, 0.05) is 11.4 Å². The molecule has 0 aliphatic heterocycles. The van der Waals surface area contributed by atoms with E-state index in [4.69, 9.17) is 4.74 Å². The number of nitrogens with zero attached hydrogens (tertiary/aromatic N) is 3. The molecule has 0 radical (unpaired) electrons. The van der Waals surface area contributed by atoms with Gasteiger partial charge >= 0.3 is 5.97 Å². The quantitative estimate of drug-likeness (QED) is 0.339. The van der Waals surface area contributed by atoms with E-state index >= 15 is 0 Å². The molecule has 140 valence electrons. The molecule has 0 N–H and O–H groups in total. The summed E-state index contributed by atoms with van der Waals surface area (Å²) in [5.41, 5.74) is 0. The second-order valence-corrected chi connectivity index (χ2v) is 8.54. The highest BCUT2D eigenvalue weighted by Gasteiger charge is 2.21. The zero-order valence-corrected chi connectivity index (χ0v) is 17.1. The van der Waals surface area contributed by atoms with Crippen LogP contribution in [-0.4, -0.2) is 32.6 Å². The molecule has 1 heterocycles. The molecule has 0 fully saturated rings. The number of carbonyl (C=O) groups is 1. The van der Waals surface area contributed by atoms with E-state index < -0.39 is 0 Å². The van der Waals surface area contributed by atoms with Gasteiger partial charge in [-0.2, -0.15) is 0 Å². The first kappa shape index (κ1) is 20.6. The molecular weight excluding hydrogens is 366 g/mol. The average Bonchev–Trinajstić information content (AvgIpc) is 3.00. The van der Waals surface area contributed by atoms with Crippen LogP contribution in [0.15, 0.2) is 53.0 Å². The van der Waals surface area contributed by atoms with E-state index in [0.29, 0.717) is 30.0 Å². The number of hydrogen-bond donors (Lipinski definition) is 0. The minimum atomic E-state index is -0.337. The van der Waals surface area contributed by atoms with E-state index in [2.05, 4.69) is 28.9 Å². The molecule has 0 aliphatic rings. The van der Waals surface area contributed by atoms with Gasteiger partial charge in [0.15, 0.2) is 5.16 Å². The summed E-state index contributed by atoms with van der Waals surface area (Å²) in [6, 6.07) is 10.2. The van der Waals surface area contributed by atoms with Crippen molar-refractivity contribution in [2.24, 2.45) is 5.92 Å². The summed E-state index contributed by atoms with van der Waals surface area (Å²) in [4.78, 5) is 13.3. The number of aromatic nitrogens is 3. The normalized spacial score (nSPS) is 12.2. The average molecular weight is 392 g/mol. The van der Waals surface area contributed by atoms with Gasteiger partial charge in [-0.25, -0.2) is 0 Å². The highest BCUT2D eigenvalue weighted by Crippen LogP contribution is 2.27. The van der Waals surface area contributed by atoms with Gasteiger partial charge in [0.05, 0.1) is 12.4 Å². The second-order valence-electron chi connectivity index (χ2n) is 6.18. The van der Waals surface area contributed by atoms with Crippen LogP contribution in [0, 0.1) is 5.92 Å². The van der Waals surface area contributed by atoms with Gasteiger partial charge in [-0.1, -0.05) is 49.9 Å². The van der Waals surface area contributed by atoms with E-state index in [0.717, 1.165) is 5.82 Å². The molecule has 1 atom stereocenters. The molecule has 2 rings (SSSR count). The number of allylic oxidation sites excluding steroid dienone is 1. The van der Waals surface area contributed by atoms with Crippen molar-refractivity contribution in [2.75, 3.05) is 6.61 Å². The summed E-state index contributed by atoms with van der Waals surface area (Å²) in [5, 5.41) is 8.95. The number of thioether (sulfide) groups is 2. The van der Waals surface area contributed by atoms with E-state index in [1.165, 1.54) is 16.7 Å². The van der Waals surface area contributed by atoms with Gasteiger partial charge in [-0.3, -0.25) is 4.79 Å². The maximum atomic E-state index is 12.1. The first-order valence-corrected chi connectivity index (χ1v) is 10.4. The topological polar surface area (TPSA) is 57.0 Å². The van der Waals surface area contributed by atoms with Crippen molar-refractivity contribution in [3.8, 4) is 0 Å². The fourth-order valence-corrected chi connectivity index (χ4v) is 3.80. The molecule has 0 bridgehead atoms. The summed E-state index contributed by atoms with van der Waals surface area (Å²) in [5.74, 6) is 1.67. The number of carbonyl (C=O) groups excluding carboxylic acids is 1. The number of hydrogen-bond acceptors (Lipinski definition) is 6. The highest BCUT2D eigenvalue weighted by molar-refractivity contribution is 8.00. The van der Waals surface area contributed by atoms with Crippen LogP contribution in [0.25, 0.3) is 0 Å². The van der Waals surface area contributed by atoms with Crippen molar-refractivity contribution in [3.63, 3.8) is 0 Å². The van der Waals surface area contributed by atoms with Gasteiger partial charge in [0.2, 0.25) is 0 Å². The van der Waals surface area contributed by atoms with Crippen LogP contribution in [0.2, 0.25) is 0 Å². The van der Waals surface area contributed by atoms with Crippen LogP contribution in [0.5, 0.6) is 0 Å². The van der Waals surface area contributed by atoms with Crippen LogP contribution in [-0.2, 0) is 21.8 Å². The van der Waals surface area contributed by atoms with Crippen molar-refractivity contribution in [1.29, 1.82) is 0 Å². The third-order valence-electron chi connectivity index (χ3n) is 3.39. The lowest BCUT2D eigenvalue weighted by Crippen LogP contribution is -2.20. The lowest BCUT2D eigenvalue weighted by atomic mass is 10.2. The minimum Gasteiger partial charge on any atom is -0.465 e. The number of ether oxygens (including phenoxy) is 1. The molecule has 5 nitrogen and oxygen atoms in total. The molecule has 0 aliphatic carbocycles. The third-order valence-corrected chi connectivity index (χ3v) is 5.46. The molecule has 2 aromatic rings. The molecule has 26 heavy (non-hydrogen) atoms. The summed E-state index contributed by atoms with van der Waals surface area (Å²) in [6.45, 7) is 10.7. The molecule has 7 heteroatoms. The van der Waals surface area contributed by atoms with Crippen LogP contribution in [0.1, 0.15) is 26.6 Å². The van der Waals surface area contributed by atoms with Gasteiger partial charge in [0.25, 0.3) is 0 Å². The number of benzene rings is 1. The predicted octanol–water partition coefficient (Wildman–Crippen LogP) is 4.44. The Morgan fingerprint density at radius 2 is 2.00 bits per heavy atom. The largest absolute Gasteiger partial charge is 0.465 e. The van der Waals surface area contributed by atoms with Gasteiger partial charge in [-0.05, 0) is 25.0 Å². The zero-order chi connectivity index (χ0) is 18.9. The SMILES string of the molecule is C=CCn1c(CSc2ccccc2)nnc1SC(C)C(=O)OCC(C)C. The van der Waals surface area contributed by atoms with E-state index in [-0.39, 0.29) is 11.2 Å². The Bertz CT molecular complexity index is 717. The van der Waals surface area contributed by atoms with Crippen molar-refractivity contribution in [2.45, 2.75) is 48.4 Å². The molecule has 1 aromatic carbocycles. The minimum absolute atomic E-state index is 0.225. The van der Waals surface area contributed by atoms with E-state index in [1.54, 1.807) is 11.8 Å². The summed E-state index contributed by atoms with van der Waals surface area (Å²) < 4.78 is 7.31.